The summed E-state index contributed by atoms with van der Waals surface area (Å²) in [5.74, 6) is 0.619. The van der Waals surface area contributed by atoms with Crippen LogP contribution in [0.2, 0.25) is 0 Å². The summed E-state index contributed by atoms with van der Waals surface area (Å²) in [6, 6.07) is 15.0. The lowest BCUT2D eigenvalue weighted by Gasteiger charge is -2.14. The number of ether oxygens (including phenoxy) is 1. The molecule has 20 heavy (non-hydrogen) atoms. The molecule has 2 aromatic carbocycles. The van der Waals surface area contributed by atoms with Crippen LogP contribution in [0.3, 0.4) is 0 Å². The highest BCUT2D eigenvalue weighted by atomic mass is 16.5. The third-order valence-electron chi connectivity index (χ3n) is 3.06. The van der Waals surface area contributed by atoms with Crippen molar-refractivity contribution in [1.82, 2.24) is 0 Å². The number of nitrogens with zero attached hydrogens (tertiary/aromatic N) is 1. The molecule has 0 saturated heterocycles. The summed E-state index contributed by atoms with van der Waals surface area (Å²) in [5, 5.41) is 0. The quantitative estimate of drug-likeness (QED) is 0.779. The summed E-state index contributed by atoms with van der Waals surface area (Å²) in [4.78, 5) is 14.6. The summed E-state index contributed by atoms with van der Waals surface area (Å²) in [6.07, 6.45) is 0. The van der Waals surface area contributed by atoms with Crippen LogP contribution >= 0.6 is 0 Å². The number of ketones is 1. The van der Waals surface area contributed by atoms with E-state index < -0.39 is 0 Å². The van der Waals surface area contributed by atoms with Gasteiger partial charge in [0.2, 0.25) is 0 Å². The smallest absolute Gasteiger partial charge is 0.196 e. The second-order valence-electron chi connectivity index (χ2n) is 4.70. The van der Waals surface area contributed by atoms with Gasteiger partial charge in [-0.3, -0.25) is 4.79 Å². The fourth-order valence-electron chi connectivity index (χ4n) is 2.02. The van der Waals surface area contributed by atoms with E-state index in [0.717, 1.165) is 5.69 Å². The molecule has 0 atom stereocenters. The molecule has 0 fully saturated rings. The van der Waals surface area contributed by atoms with E-state index in [1.165, 1.54) is 0 Å². The second-order valence-corrected chi connectivity index (χ2v) is 4.70. The van der Waals surface area contributed by atoms with Gasteiger partial charge in [0, 0.05) is 25.3 Å². The van der Waals surface area contributed by atoms with Crippen molar-refractivity contribution in [3.05, 3.63) is 59.7 Å². The first-order valence-electron chi connectivity index (χ1n) is 6.67. The van der Waals surface area contributed by atoms with E-state index in [1.54, 1.807) is 6.07 Å². The fourth-order valence-corrected chi connectivity index (χ4v) is 2.02. The topological polar surface area (TPSA) is 29.5 Å². The van der Waals surface area contributed by atoms with E-state index >= 15 is 0 Å². The third kappa shape index (κ3) is 2.99. The van der Waals surface area contributed by atoms with Crippen LogP contribution in [0.25, 0.3) is 0 Å². The Morgan fingerprint density at radius 1 is 1.10 bits per heavy atom. The van der Waals surface area contributed by atoms with E-state index in [2.05, 4.69) is 0 Å². The molecule has 0 aliphatic carbocycles. The van der Waals surface area contributed by atoms with Gasteiger partial charge in [0.05, 0.1) is 12.2 Å². The Morgan fingerprint density at radius 3 is 2.55 bits per heavy atom. The van der Waals surface area contributed by atoms with E-state index in [4.69, 9.17) is 4.74 Å². The lowest BCUT2D eigenvalue weighted by Crippen LogP contribution is -2.10. The van der Waals surface area contributed by atoms with Gasteiger partial charge in [-0.05, 0) is 31.2 Å². The fraction of sp³-hybridized carbons (Fsp3) is 0.235. The second kappa shape index (κ2) is 6.24. The number of hydrogen-bond donors (Lipinski definition) is 0. The zero-order valence-corrected chi connectivity index (χ0v) is 12.1. The van der Waals surface area contributed by atoms with Crippen LogP contribution in [0.15, 0.2) is 48.5 Å². The molecule has 0 N–H and O–H groups in total. The highest BCUT2D eigenvalue weighted by Gasteiger charge is 2.14. The predicted molar refractivity (Wildman–Crippen MR) is 81.8 cm³/mol. The summed E-state index contributed by atoms with van der Waals surface area (Å²) >= 11 is 0. The van der Waals surface area contributed by atoms with E-state index in [0.29, 0.717) is 23.5 Å². The minimum Gasteiger partial charge on any atom is -0.493 e. The molecule has 3 heteroatoms. The number of hydrogen-bond acceptors (Lipinski definition) is 3. The highest BCUT2D eigenvalue weighted by Crippen LogP contribution is 2.23. The van der Waals surface area contributed by atoms with Crippen molar-refractivity contribution in [1.29, 1.82) is 0 Å². The van der Waals surface area contributed by atoms with Gasteiger partial charge in [0.25, 0.3) is 0 Å². The highest BCUT2D eigenvalue weighted by molar-refractivity contribution is 6.11. The maximum Gasteiger partial charge on any atom is 0.196 e. The average molecular weight is 269 g/mol. The maximum absolute atomic E-state index is 12.6. The van der Waals surface area contributed by atoms with E-state index in [9.17, 15) is 4.79 Å². The minimum atomic E-state index is -0.0160. The molecule has 0 radical (unpaired) electrons. The summed E-state index contributed by atoms with van der Waals surface area (Å²) in [7, 11) is 3.91. The lowest BCUT2D eigenvalue weighted by molar-refractivity contribution is 0.103. The number of para-hydroxylation sites is 1. The van der Waals surface area contributed by atoms with Crippen LogP contribution in [0.5, 0.6) is 5.75 Å². The molecule has 0 heterocycles. The van der Waals surface area contributed by atoms with Crippen molar-refractivity contribution in [2.45, 2.75) is 6.92 Å². The summed E-state index contributed by atoms with van der Waals surface area (Å²) in [5.41, 5.74) is 2.28. The molecule has 0 spiro atoms. The Balaban J connectivity index is 2.38. The Kier molecular flexibility index (Phi) is 4.41. The largest absolute Gasteiger partial charge is 0.493 e. The summed E-state index contributed by atoms with van der Waals surface area (Å²) in [6.45, 7) is 2.45. The van der Waals surface area contributed by atoms with Gasteiger partial charge < -0.3 is 9.64 Å². The zero-order chi connectivity index (χ0) is 14.5. The Hall–Kier alpha value is -2.29. The molecule has 0 aliphatic rings. The molecular weight excluding hydrogens is 250 g/mol. The van der Waals surface area contributed by atoms with Crippen molar-refractivity contribution in [3.63, 3.8) is 0 Å². The van der Waals surface area contributed by atoms with Crippen molar-refractivity contribution in [2.75, 3.05) is 25.6 Å². The summed E-state index contributed by atoms with van der Waals surface area (Å²) < 4.78 is 5.53. The lowest BCUT2D eigenvalue weighted by atomic mass is 10.0. The molecule has 0 unspecified atom stereocenters. The molecular formula is C17H19NO2. The first-order valence-corrected chi connectivity index (χ1v) is 6.67. The number of rotatable bonds is 5. The van der Waals surface area contributed by atoms with Crippen LogP contribution < -0.4 is 9.64 Å². The van der Waals surface area contributed by atoms with Gasteiger partial charge in [0.15, 0.2) is 5.78 Å². The van der Waals surface area contributed by atoms with Crippen LogP contribution in [0.4, 0.5) is 5.69 Å². The van der Waals surface area contributed by atoms with Crippen LogP contribution in [0.1, 0.15) is 22.8 Å². The molecule has 2 aromatic rings. The van der Waals surface area contributed by atoms with Crippen molar-refractivity contribution >= 4 is 11.5 Å². The SMILES string of the molecule is CCOc1ccccc1C(=O)c1cccc(N(C)C)c1. The minimum absolute atomic E-state index is 0.0160. The molecule has 2 rings (SSSR count). The molecule has 3 nitrogen and oxygen atoms in total. The van der Waals surface area contributed by atoms with Gasteiger partial charge in [-0.2, -0.15) is 0 Å². The Morgan fingerprint density at radius 2 is 1.85 bits per heavy atom. The molecule has 0 amide bonds. The Labute approximate surface area is 119 Å². The average Bonchev–Trinajstić information content (AvgIpc) is 2.47. The van der Waals surface area contributed by atoms with Crippen molar-refractivity contribution in [3.8, 4) is 5.75 Å². The molecule has 0 bridgehead atoms. The maximum atomic E-state index is 12.6. The normalized spacial score (nSPS) is 10.2. The molecule has 0 aromatic heterocycles. The molecule has 0 saturated carbocycles. The van der Waals surface area contributed by atoms with Crippen LogP contribution in [0, 0.1) is 0 Å². The third-order valence-corrected chi connectivity index (χ3v) is 3.06. The number of anilines is 1. The monoisotopic (exact) mass is 269 g/mol. The zero-order valence-electron chi connectivity index (χ0n) is 12.1. The van der Waals surface area contributed by atoms with Crippen molar-refractivity contribution < 1.29 is 9.53 Å². The van der Waals surface area contributed by atoms with Crippen molar-refractivity contribution in [2.24, 2.45) is 0 Å². The van der Waals surface area contributed by atoms with Gasteiger partial charge >= 0.3 is 0 Å². The first-order chi connectivity index (χ1) is 9.63. The molecule has 104 valence electrons. The van der Waals surface area contributed by atoms with Gasteiger partial charge in [-0.15, -0.1) is 0 Å². The van der Waals surface area contributed by atoms with Crippen LogP contribution in [-0.2, 0) is 0 Å². The Bertz CT molecular complexity index is 605. The number of carbonyl (C=O) groups is 1. The standard InChI is InChI=1S/C17H19NO2/c1-4-20-16-11-6-5-10-15(16)17(19)13-8-7-9-14(12-13)18(2)3/h5-12H,4H2,1-3H3. The number of carbonyl (C=O) groups excluding carboxylic acids is 1. The van der Waals surface area contributed by atoms with Gasteiger partial charge in [0.1, 0.15) is 5.75 Å². The predicted octanol–water partition coefficient (Wildman–Crippen LogP) is 3.38. The van der Waals surface area contributed by atoms with E-state index in [1.807, 2.05) is 68.4 Å². The van der Waals surface area contributed by atoms with Crippen LogP contribution in [-0.4, -0.2) is 26.5 Å². The van der Waals surface area contributed by atoms with Gasteiger partial charge in [-0.1, -0.05) is 24.3 Å². The number of benzene rings is 2. The van der Waals surface area contributed by atoms with Gasteiger partial charge in [-0.25, -0.2) is 0 Å². The van der Waals surface area contributed by atoms with E-state index in [-0.39, 0.29) is 5.78 Å². The molecule has 0 aliphatic heterocycles. The first kappa shape index (κ1) is 14.1.